The fourth-order valence-corrected chi connectivity index (χ4v) is 1.28. The molecule has 0 heterocycles. The Balaban J connectivity index is 2.68. The van der Waals surface area contributed by atoms with Crippen LogP contribution in [0.5, 0.6) is 0 Å². The molecule has 2 N–H and O–H groups in total. The van der Waals surface area contributed by atoms with Crippen molar-refractivity contribution in [2.24, 2.45) is 0 Å². The third kappa shape index (κ3) is 6.48. The molecule has 1 aromatic carbocycles. The molecule has 0 radical (unpaired) electrons. The number of aliphatic hydroxyl groups is 1. The van der Waals surface area contributed by atoms with Crippen molar-refractivity contribution >= 4 is 11.6 Å². The minimum absolute atomic E-state index is 0.0605. The monoisotopic (exact) mass is 271 g/mol. The molecule has 102 valence electrons. The van der Waals surface area contributed by atoms with Gasteiger partial charge in [0.1, 0.15) is 6.42 Å². The summed E-state index contributed by atoms with van der Waals surface area (Å²) in [5, 5.41) is 10.7. The number of hydrogen-bond acceptors (Lipinski definition) is 2. The van der Waals surface area contributed by atoms with E-state index < -0.39 is 18.5 Å². The van der Waals surface area contributed by atoms with Crippen LogP contribution >= 0.6 is 0 Å². The Morgan fingerprint density at radius 3 is 2.74 bits per heavy atom. The van der Waals surface area contributed by atoms with Gasteiger partial charge >= 0.3 is 6.18 Å². The number of nitrogens with one attached hydrogen (secondary N) is 1. The third-order valence-electron chi connectivity index (χ3n) is 1.98. The molecule has 0 aliphatic rings. The van der Waals surface area contributed by atoms with Crippen molar-refractivity contribution in [2.75, 3.05) is 11.9 Å². The summed E-state index contributed by atoms with van der Waals surface area (Å²) in [5.74, 6) is 4.28. The minimum Gasteiger partial charge on any atom is -0.395 e. The number of carbonyl (C=O) groups is 1. The van der Waals surface area contributed by atoms with Gasteiger partial charge in [0.25, 0.3) is 0 Å². The Kier molecular flexibility index (Phi) is 5.39. The molecule has 1 amide bonds. The van der Waals surface area contributed by atoms with E-state index in [-0.39, 0.29) is 12.3 Å². The van der Waals surface area contributed by atoms with Crippen molar-refractivity contribution in [2.45, 2.75) is 19.0 Å². The van der Waals surface area contributed by atoms with Gasteiger partial charge in [0.15, 0.2) is 0 Å². The number of hydrogen-bond donors (Lipinski definition) is 2. The molecule has 0 fully saturated rings. The van der Waals surface area contributed by atoms with Gasteiger partial charge in [0, 0.05) is 17.7 Å². The topological polar surface area (TPSA) is 49.3 Å². The molecule has 3 nitrogen and oxygen atoms in total. The molecule has 0 unspecified atom stereocenters. The van der Waals surface area contributed by atoms with Crippen molar-refractivity contribution in [1.82, 2.24) is 0 Å². The number of rotatable bonds is 3. The Morgan fingerprint density at radius 1 is 1.37 bits per heavy atom. The fourth-order valence-electron chi connectivity index (χ4n) is 1.28. The number of benzene rings is 1. The van der Waals surface area contributed by atoms with Gasteiger partial charge in [-0.25, -0.2) is 0 Å². The summed E-state index contributed by atoms with van der Waals surface area (Å²) in [4.78, 5) is 11.1. The highest BCUT2D eigenvalue weighted by atomic mass is 19.4. The van der Waals surface area contributed by atoms with Crippen LogP contribution in [0.15, 0.2) is 24.3 Å². The van der Waals surface area contributed by atoms with Crippen LogP contribution in [-0.2, 0) is 4.79 Å². The van der Waals surface area contributed by atoms with Crippen LogP contribution < -0.4 is 5.32 Å². The minimum atomic E-state index is -4.53. The van der Waals surface area contributed by atoms with Gasteiger partial charge in [-0.05, 0) is 18.2 Å². The zero-order valence-corrected chi connectivity index (χ0v) is 9.92. The quantitative estimate of drug-likeness (QED) is 0.829. The van der Waals surface area contributed by atoms with Crippen LogP contribution in [0, 0.1) is 11.8 Å². The van der Waals surface area contributed by atoms with Crippen LogP contribution in [0.1, 0.15) is 18.4 Å². The molecule has 1 aromatic rings. The van der Waals surface area contributed by atoms with Gasteiger partial charge in [-0.15, -0.1) is 0 Å². The number of aliphatic hydroxyl groups excluding tert-OH is 1. The molecule has 0 saturated carbocycles. The Labute approximate surface area is 108 Å². The van der Waals surface area contributed by atoms with Crippen molar-refractivity contribution in [1.29, 1.82) is 0 Å². The molecule has 0 aliphatic heterocycles. The van der Waals surface area contributed by atoms with E-state index in [1.165, 1.54) is 12.1 Å². The number of halogens is 3. The predicted octanol–water partition coefficient (Wildman–Crippen LogP) is 2.31. The summed E-state index contributed by atoms with van der Waals surface area (Å²) in [5.41, 5.74) is 0.809. The van der Waals surface area contributed by atoms with Crippen LogP contribution in [0.4, 0.5) is 18.9 Å². The summed E-state index contributed by atoms with van der Waals surface area (Å²) >= 11 is 0. The van der Waals surface area contributed by atoms with Crippen molar-refractivity contribution < 1.29 is 23.1 Å². The summed E-state index contributed by atoms with van der Waals surface area (Å²) in [6.45, 7) is -0.0605. The molecule has 0 spiro atoms. The lowest BCUT2D eigenvalue weighted by Crippen LogP contribution is -2.21. The standard InChI is InChI=1S/C13H12F3NO2/c14-13(15,16)9-12(19)17-11-6-3-5-10(8-11)4-1-2-7-18/h3,5-6,8,18H,2,7,9H2,(H,17,19). The highest BCUT2D eigenvalue weighted by molar-refractivity contribution is 5.91. The molecular weight excluding hydrogens is 259 g/mol. The summed E-state index contributed by atoms with van der Waals surface area (Å²) in [6, 6.07) is 6.18. The fraction of sp³-hybridized carbons (Fsp3) is 0.308. The van der Waals surface area contributed by atoms with Crippen LogP contribution in [0.2, 0.25) is 0 Å². The van der Waals surface area contributed by atoms with E-state index >= 15 is 0 Å². The molecule has 0 saturated heterocycles. The number of amides is 1. The largest absolute Gasteiger partial charge is 0.397 e. The maximum Gasteiger partial charge on any atom is 0.397 e. The second-order valence-electron chi connectivity index (χ2n) is 3.70. The zero-order valence-electron chi connectivity index (χ0n) is 9.92. The highest BCUT2D eigenvalue weighted by Crippen LogP contribution is 2.20. The Morgan fingerprint density at radius 2 is 2.11 bits per heavy atom. The predicted molar refractivity (Wildman–Crippen MR) is 64.3 cm³/mol. The third-order valence-corrected chi connectivity index (χ3v) is 1.98. The van der Waals surface area contributed by atoms with Gasteiger partial charge in [-0.2, -0.15) is 13.2 Å². The van der Waals surface area contributed by atoms with Crippen molar-refractivity contribution in [3.63, 3.8) is 0 Å². The summed E-state index contributed by atoms with van der Waals surface area (Å²) in [7, 11) is 0. The second-order valence-corrected chi connectivity index (χ2v) is 3.70. The molecule has 0 aromatic heterocycles. The lowest BCUT2D eigenvalue weighted by atomic mass is 10.2. The normalized spacial score (nSPS) is 10.5. The lowest BCUT2D eigenvalue weighted by molar-refractivity contribution is -0.150. The highest BCUT2D eigenvalue weighted by Gasteiger charge is 2.31. The second kappa shape index (κ2) is 6.81. The van der Waals surface area contributed by atoms with Crippen molar-refractivity contribution in [3.05, 3.63) is 29.8 Å². The van der Waals surface area contributed by atoms with Crippen molar-refractivity contribution in [3.8, 4) is 11.8 Å². The number of carbonyl (C=O) groups excluding carboxylic acids is 1. The van der Waals surface area contributed by atoms with E-state index in [9.17, 15) is 18.0 Å². The Hall–Kier alpha value is -2.00. The van der Waals surface area contributed by atoms with Crippen LogP contribution in [0.25, 0.3) is 0 Å². The molecule has 19 heavy (non-hydrogen) atoms. The number of anilines is 1. The Bertz CT molecular complexity index is 501. The molecular formula is C13H12F3NO2. The zero-order chi connectivity index (χ0) is 14.3. The molecule has 6 heteroatoms. The van der Waals surface area contributed by atoms with Gasteiger partial charge < -0.3 is 10.4 Å². The summed E-state index contributed by atoms with van der Waals surface area (Å²) in [6.07, 6.45) is -5.74. The molecule has 0 bridgehead atoms. The van der Waals surface area contributed by atoms with E-state index in [2.05, 4.69) is 17.2 Å². The van der Waals surface area contributed by atoms with Gasteiger partial charge in [-0.3, -0.25) is 4.79 Å². The number of alkyl halides is 3. The maximum absolute atomic E-state index is 12.0. The lowest BCUT2D eigenvalue weighted by Gasteiger charge is -2.07. The average molecular weight is 271 g/mol. The molecule has 0 aliphatic carbocycles. The maximum atomic E-state index is 12.0. The first kappa shape index (κ1) is 15.1. The van der Waals surface area contributed by atoms with Crippen LogP contribution in [-0.4, -0.2) is 23.8 Å². The van der Waals surface area contributed by atoms with E-state index in [0.29, 0.717) is 12.0 Å². The van der Waals surface area contributed by atoms with E-state index in [4.69, 9.17) is 5.11 Å². The van der Waals surface area contributed by atoms with Gasteiger partial charge in [0.05, 0.1) is 6.61 Å². The first-order valence-corrected chi connectivity index (χ1v) is 5.47. The van der Waals surface area contributed by atoms with E-state index in [1.807, 2.05) is 0 Å². The van der Waals surface area contributed by atoms with E-state index in [0.717, 1.165) is 0 Å². The first-order valence-electron chi connectivity index (χ1n) is 5.47. The molecule has 1 rings (SSSR count). The van der Waals surface area contributed by atoms with E-state index in [1.54, 1.807) is 12.1 Å². The van der Waals surface area contributed by atoms with Crippen LogP contribution in [0.3, 0.4) is 0 Å². The van der Waals surface area contributed by atoms with Gasteiger partial charge in [0.2, 0.25) is 5.91 Å². The first-order chi connectivity index (χ1) is 8.90. The SMILES string of the molecule is O=C(CC(F)(F)F)Nc1cccc(C#CCCO)c1. The summed E-state index contributed by atoms with van der Waals surface area (Å²) < 4.78 is 36.0. The van der Waals surface area contributed by atoms with Gasteiger partial charge in [-0.1, -0.05) is 17.9 Å². The smallest absolute Gasteiger partial charge is 0.395 e. The molecule has 0 atom stereocenters. The average Bonchev–Trinajstić information content (AvgIpc) is 2.27.